The second-order valence-corrected chi connectivity index (χ2v) is 5.88. The number of anilines is 1. The fraction of sp³-hybridized carbons (Fsp3) is 0.429. The number of imidazole rings is 1. The van der Waals surface area contributed by atoms with E-state index in [9.17, 15) is 5.26 Å². The third-order valence-corrected chi connectivity index (χ3v) is 4.25. The van der Waals surface area contributed by atoms with E-state index in [4.69, 9.17) is 0 Å². The van der Waals surface area contributed by atoms with Gasteiger partial charge in [0.05, 0.1) is 6.20 Å². The number of aromatic nitrogens is 4. The Hall–Kier alpha value is -2.07. The van der Waals surface area contributed by atoms with Crippen LogP contribution in [-0.4, -0.2) is 38.9 Å². The summed E-state index contributed by atoms with van der Waals surface area (Å²) >= 11 is 1.49. The largest absolute Gasteiger partial charge is 0.355 e. The quantitative estimate of drug-likeness (QED) is 0.632. The van der Waals surface area contributed by atoms with Crippen molar-refractivity contribution in [1.82, 2.24) is 19.5 Å². The van der Waals surface area contributed by atoms with Crippen molar-refractivity contribution >= 4 is 17.6 Å². The summed E-state index contributed by atoms with van der Waals surface area (Å²) in [6, 6.07) is 2.17. The van der Waals surface area contributed by atoms with E-state index in [-0.39, 0.29) is 0 Å². The van der Waals surface area contributed by atoms with Gasteiger partial charge in [0, 0.05) is 37.9 Å². The van der Waals surface area contributed by atoms with Crippen LogP contribution in [0, 0.1) is 24.2 Å². The maximum Gasteiger partial charge on any atom is 0.189 e. The molecule has 3 rings (SSSR count). The minimum Gasteiger partial charge on any atom is -0.355 e. The molecule has 0 aliphatic carbocycles. The first kappa shape index (κ1) is 13.9. The van der Waals surface area contributed by atoms with Crippen LogP contribution in [0.5, 0.6) is 0 Å². The van der Waals surface area contributed by atoms with Crippen LogP contribution in [0.2, 0.25) is 0 Å². The summed E-state index contributed by atoms with van der Waals surface area (Å²) in [6.07, 6.45) is 7.39. The van der Waals surface area contributed by atoms with E-state index in [1.807, 2.05) is 25.6 Å². The van der Waals surface area contributed by atoms with Gasteiger partial charge in [0.2, 0.25) is 0 Å². The molecule has 0 spiro atoms. The van der Waals surface area contributed by atoms with Crippen LogP contribution < -0.4 is 4.90 Å². The average molecular weight is 300 g/mol. The molecule has 1 aliphatic heterocycles. The Balaban J connectivity index is 1.69. The minimum absolute atomic E-state index is 0.546. The van der Waals surface area contributed by atoms with Crippen LogP contribution in [0.25, 0.3) is 0 Å². The highest BCUT2D eigenvalue weighted by molar-refractivity contribution is 7.98. The zero-order valence-electron chi connectivity index (χ0n) is 12.0. The van der Waals surface area contributed by atoms with Crippen molar-refractivity contribution in [3.05, 3.63) is 30.0 Å². The predicted octanol–water partition coefficient (Wildman–Crippen LogP) is 1.71. The van der Waals surface area contributed by atoms with E-state index in [1.165, 1.54) is 11.8 Å². The summed E-state index contributed by atoms with van der Waals surface area (Å²) in [6.45, 7) is 4.80. The number of nitriles is 1. The normalized spacial score (nSPS) is 14.8. The van der Waals surface area contributed by atoms with E-state index >= 15 is 0 Å². The summed E-state index contributed by atoms with van der Waals surface area (Å²) in [5.74, 6) is 2.37. The molecule has 1 fully saturated rings. The summed E-state index contributed by atoms with van der Waals surface area (Å²) in [5.41, 5.74) is 0.546. The molecule has 1 aliphatic rings. The van der Waals surface area contributed by atoms with Gasteiger partial charge in [-0.3, -0.25) is 0 Å². The van der Waals surface area contributed by atoms with Crippen LogP contribution in [0.4, 0.5) is 5.82 Å². The van der Waals surface area contributed by atoms with E-state index < -0.39 is 0 Å². The van der Waals surface area contributed by atoms with Gasteiger partial charge in [0.15, 0.2) is 11.0 Å². The first-order valence-corrected chi connectivity index (χ1v) is 7.97. The van der Waals surface area contributed by atoms with E-state index in [0.717, 1.165) is 31.3 Å². The standard InChI is InChI=1S/C14H16N6S/c1-10-16-3-4-19(10)7-11-8-20(9-11)13-12(5-15)6-17-14(18-13)21-2/h3-4,6,11H,7-9H2,1-2H3. The Morgan fingerprint density at radius 2 is 2.24 bits per heavy atom. The van der Waals surface area contributed by atoms with Crippen molar-refractivity contribution in [1.29, 1.82) is 5.26 Å². The molecule has 0 aromatic carbocycles. The van der Waals surface area contributed by atoms with Crippen LogP contribution in [0.1, 0.15) is 11.4 Å². The number of aryl methyl sites for hydroxylation is 1. The molecule has 6 nitrogen and oxygen atoms in total. The lowest BCUT2D eigenvalue weighted by Gasteiger charge is -2.40. The molecule has 0 atom stereocenters. The fourth-order valence-corrected chi connectivity index (χ4v) is 2.84. The van der Waals surface area contributed by atoms with Crippen molar-refractivity contribution in [3.8, 4) is 6.07 Å². The molecular weight excluding hydrogens is 284 g/mol. The minimum atomic E-state index is 0.546. The van der Waals surface area contributed by atoms with Gasteiger partial charge in [-0.2, -0.15) is 5.26 Å². The van der Waals surface area contributed by atoms with Gasteiger partial charge in [0.1, 0.15) is 17.5 Å². The summed E-state index contributed by atoms with van der Waals surface area (Å²) in [5, 5.41) is 9.89. The Labute approximate surface area is 127 Å². The predicted molar refractivity (Wildman–Crippen MR) is 81.2 cm³/mol. The van der Waals surface area contributed by atoms with E-state index in [2.05, 4.69) is 30.5 Å². The summed E-state index contributed by atoms with van der Waals surface area (Å²) < 4.78 is 2.17. The van der Waals surface area contributed by atoms with Gasteiger partial charge in [-0.25, -0.2) is 15.0 Å². The molecule has 2 aromatic heterocycles. The van der Waals surface area contributed by atoms with E-state index in [0.29, 0.717) is 16.6 Å². The summed E-state index contributed by atoms with van der Waals surface area (Å²) in [7, 11) is 0. The molecular formula is C14H16N6S. The highest BCUT2D eigenvalue weighted by Gasteiger charge is 2.30. The molecule has 0 unspecified atom stereocenters. The number of hydrogen-bond donors (Lipinski definition) is 0. The SMILES string of the molecule is CSc1ncc(C#N)c(N2CC(Cn3ccnc3C)C2)n1. The molecule has 0 saturated carbocycles. The van der Waals surface area contributed by atoms with Crippen LogP contribution in [0.3, 0.4) is 0 Å². The van der Waals surface area contributed by atoms with Crippen molar-refractivity contribution in [3.63, 3.8) is 0 Å². The third kappa shape index (κ3) is 2.72. The lowest BCUT2D eigenvalue weighted by Crippen LogP contribution is -2.49. The van der Waals surface area contributed by atoms with Crippen molar-refractivity contribution in [2.45, 2.75) is 18.6 Å². The number of rotatable bonds is 4. The molecule has 0 amide bonds. The van der Waals surface area contributed by atoms with Crippen LogP contribution >= 0.6 is 11.8 Å². The van der Waals surface area contributed by atoms with Gasteiger partial charge >= 0.3 is 0 Å². The van der Waals surface area contributed by atoms with Gasteiger partial charge in [-0.15, -0.1) is 0 Å². The van der Waals surface area contributed by atoms with Crippen molar-refractivity contribution in [2.24, 2.45) is 5.92 Å². The molecule has 1 saturated heterocycles. The van der Waals surface area contributed by atoms with Crippen LogP contribution in [-0.2, 0) is 6.54 Å². The second-order valence-electron chi connectivity index (χ2n) is 5.10. The molecule has 0 N–H and O–H groups in total. The highest BCUT2D eigenvalue weighted by Crippen LogP contribution is 2.28. The highest BCUT2D eigenvalue weighted by atomic mass is 32.2. The van der Waals surface area contributed by atoms with Crippen LogP contribution in [0.15, 0.2) is 23.7 Å². The Morgan fingerprint density at radius 1 is 1.43 bits per heavy atom. The second kappa shape index (κ2) is 5.74. The molecule has 21 heavy (non-hydrogen) atoms. The Bertz CT molecular complexity index is 683. The molecule has 108 valence electrons. The topological polar surface area (TPSA) is 70.6 Å². The average Bonchev–Trinajstić information content (AvgIpc) is 2.87. The molecule has 0 radical (unpaired) electrons. The number of hydrogen-bond acceptors (Lipinski definition) is 6. The Kier molecular flexibility index (Phi) is 3.80. The number of nitrogens with zero attached hydrogens (tertiary/aromatic N) is 6. The van der Waals surface area contributed by atoms with Gasteiger partial charge < -0.3 is 9.47 Å². The third-order valence-electron chi connectivity index (χ3n) is 3.68. The van der Waals surface area contributed by atoms with E-state index in [1.54, 1.807) is 6.20 Å². The smallest absolute Gasteiger partial charge is 0.189 e. The molecule has 0 bridgehead atoms. The van der Waals surface area contributed by atoms with Gasteiger partial charge in [-0.05, 0) is 13.2 Å². The zero-order chi connectivity index (χ0) is 14.8. The Morgan fingerprint density at radius 3 is 2.86 bits per heavy atom. The first-order chi connectivity index (χ1) is 10.2. The monoisotopic (exact) mass is 300 g/mol. The first-order valence-electron chi connectivity index (χ1n) is 6.75. The van der Waals surface area contributed by atoms with Crippen molar-refractivity contribution in [2.75, 3.05) is 24.2 Å². The fourth-order valence-electron chi connectivity index (χ4n) is 2.51. The lowest BCUT2D eigenvalue weighted by molar-refractivity contribution is 0.351. The molecule has 2 aromatic rings. The number of thioether (sulfide) groups is 1. The van der Waals surface area contributed by atoms with Gasteiger partial charge in [0.25, 0.3) is 0 Å². The molecule has 7 heteroatoms. The zero-order valence-corrected chi connectivity index (χ0v) is 12.8. The molecule has 3 heterocycles. The van der Waals surface area contributed by atoms with Crippen molar-refractivity contribution < 1.29 is 0 Å². The van der Waals surface area contributed by atoms with Gasteiger partial charge in [-0.1, -0.05) is 11.8 Å². The lowest BCUT2D eigenvalue weighted by atomic mass is 9.99. The maximum atomic E-state index is 9.18. The summed E-state index contributed by atoms with van der Waals surface area (Å²) in [4.78, 5) is 15.0. The maximum absolute atomic E-state index is 9.18.